The predicted octanol–water partition coefficient (Wildman–Crippen LogP) is 4.34. The summed E-state index contributed by atoms with van der Waals surface area (Å²) in [7, 11) is 0. The van der Waals surface area contributed by atoms with E-state index in [1.165, 1.54) is 0 Å². The van der Waals surface area contributed by atoms with Crippen LogP contribution in [0.3, 0.4) is 0 Å². The second kappa shape index (κ2) is 8.62. The van der Waals surface area contributed by atoms with Gasteiger partial charge < -0.3 is 15.5 Å². The van der Waals surface area contributed by atoms with Gasteiger partial charge >= 0.3 is 0 Å². The van der Waals surface area contributed by atoms with Crippen LogP contribution in [0, 0.1) is 12.3 Å². The highest BCUT2D eigenvalue weighted by Gasteiger charge is 2.32. The molecule has 0 unspecified atom stereocenters. The molecule has 0 saturated heterocycles. The van der Waals surface area contributed by atoms with Crippen molar-refractivity contribution in [2.45, 2.75) is 45.2 Å². The van der Waals surface area contributed by atoms with Gasteiger partial charge in [0.2, 0.25) is 11.8 Å². The highest BCUT2D eigenvalue weighted by atomic mass is 16.2. The Kier molecular flexibility index (Phi) is 6.00. The number of terminal acetylenes is 1. The lowest BCUT2D eigenvalue weighted by atomic mass is 9.91. The zero-order chi connectivity index (χ0) is 20.1. The van der Waals surface area contributed by atoms with Gasteiger partial charge in [-0.2, -0.15) is 0 Å². The number of rotatable bonds is 5. The summed E-state index contributed by atoms with van der Waals surface area (Å²) in [5.41, 5.74) is 3.76. The Morgan fingerprint density at radius 2 is 1.82 bits per heavy atom. The first-order valence-electron chi connectivity index (χ1n) is 9.54. The van der Waals surface area contributed by atoms with Crippen molar-refractivity contribution in [3.8, 4) is 12.3 Å². The van der Waals surface area contributed by atoms with Crippen molar-refractivity contribution in [3.63, 3.8) is 0 Å². The molecule has 144 valence electrons. The second-order valence-corrected chi connectivity index (χ2v) is 6.96. The molecule has 0 bridgehead atoms. The summed E-state index contributed by atoms with van der Waals surface area (Å²) in [5, 5.41) is 6.34. The first kappa shape index (κ1) is 19.5. The molecule has 2 amide bonds. The van der Waals surface area contributed by atoms with Gasteiger partial charge in [0, 0.05) is 29.5 Å². The summed E-state index contributed by atoms with van der Waals surface area (Å²) in [4.78, 5) is 25.9. The smallest absolute Gasteiger partial charge is 0.236 e. The summed E-state index contributed by atoms with van der Waals surface area (Å²) in [5.74, 6) is 2.28. The number of nitrogens with zero attached hydrogens (tertiary/aromatic N) is 1. The van der Waals surface area contributed by atoms with Gasteiger partial charge in [-0.1, -0.05) is 31.0 Å². The number of hydrogen-bond donors (Lipinski definition) is 2. The SMILES string of the molecule is C#CCC(=O)Nc1ccc(N[C@@H]2C[C@H](C)N(C(=O)CC)c3ccccc32)cc1. The normalized spacial score (nSPS) is 18.0. The molecule has 0 spiro atoms. The fraction of sp³-hybridized carbons (Fsp3) is 0.304. The number of nitrogens with one attached hydrogen (secondary N) is 2. The maximum absolute atomic E-state index is 12.4. The molecule has 1 aliphatic heterocycles. The molecule has 0 aliphatic carbocycles. The summed E-state index contributed by atoms with van der Waals surface area (Å²) >= 11 is 0. The number of benzene rings is 2. The molecule has 28 heavy (non-hydrogen) atoms. The lowest BCUT2D eigenvalue weighted by Gasteiger charge is -2.40. The molecule has 2 aromatic rings. The van der Waals surface area contributed by atoms with E-state index in [0.717, 1.165) is 23.4 Å². The van der Waals surface area contributed by atoms with Gasteiger partial charge in [-0.25, -0.2) is 0 Å². The Morgan fingerprint density at radius 1 is 1.14 bits per heavy atom. The van der Waals surface area contributed by atoms with Crippen molar-refractivity contribution in [2.75, 3.05) is 15.5 Å². The van der Waals surface area contributed by atoms with E-state index in [4.69, 9.17) is 6.42 Å². The summed E-state index contributed by atoms with van der Waals surface area (Å²) in [6.07, 6.45) is 6.53. The fourth-order valence-electron chi connectivity index (χ4n) is 3.65. The number of anilines is 3. The average molecular weight is 375 g/mol. The van der Waals surface area contributed by atoms with Crippen LogP contribution < -0.4 is 15.5 Å². The number of carbonyl (C=O) groups excluding carboxylic acids is 2. The number of para-hydroxylation sites is 1. The molecule has 2 aromatic carbocycles. The molecule has 5 heteroatoms. The van der Waals surface area contributed by atoms with E-state index >= 15 is 0 Å². The highest BCUT2D eigenvalue weighted by molar-refractivity contribution is 5.95. The molecule has 0 radical (unpaired) electrons. The van der Waals surface area contributed by atoms with E-state index in [-0.39, 0.29) is 30.3 Å². The topological polar surface area (TPSA) is 61.4 Å². The second-order valence-electron chi connectivity index (χ2n) is 6.96. The third-order valence-electron chi connectivity index (χ3n) is 4.93. The number of hydrogen-bond acceptors (Lipinski definition) is 3. The standard InChI is InChI=1S/C23H25N3O2/c1-4-8-22(27)25-18-13-11-17(12-14-18)24-20-15-16(3)26(23(28)5-2)21-10-7-6-9-19(20)21/h1,6-7,9-14,16,20,24H,5,8,15H2,2-3H3,(H,25,27)/t16-,20+/m0/s1. The van der Waals surface area contributed by atoms with Gasteiger partial charge in [-0.3, -0.25) is 9.59 Å². The average Bonchev–Trinajstić information content (AvgIpc) is 2.69. The van der Waals surface area contributed by atoms with Crippen LogP contribution in [0.25, 0.3) is 0 Å². The first-order valence-corrected chi connectivity index (χ1v) is 9.54. The molecule has 1 heterocycles. The van der Waals surface area contributed by atoms with Gasteiger partial charge in [-0.15, -0.1) is 6.42 Å². The van der Waals surface area contributed by atoms with E-state index in [2.05, 4.69) is 29.5 Å². The lowest BCUT2D eigenvalue weighted by molar-refractivity contribution is -0.119. The quantitative estimate of drug-likeness (QED) is 0.765. The maximum Gasteiger partial charge on any atom is 0.236 e. The highest BCUT2D eigenvalue weighted by Crippen LogP contribution is 2.39. The van der Waals surface area contributed by atoms with Crippen LogP contribution in [-0.4, -0.2) is 17.9 Å². The molecule has 0 aromatic heterocycles. The van der Waals surface area contributed by atoms with Crippen LogP contribution in [0.1, 0.15) is 44.7 Å². The molecule has 3 rings (SSSR count). The maximum atomic E-state index is 12.4. The molecule has 5 nitrogen and oxygen atoms in total. The molecular weight excluding hydrogens is 350 g/mol. The molecule has 2 N–H and O–H groups in total. The summed E-state index contributed by atoms with van der Waals surface area (Å²) in [6.45, 7) is 3.98. The molecular formula is C23H25N3O2. The minimum Gasteiger partial charge on any atom is -0.378 e. The monoisotopic (exact) mass is 375 g/mol. The minimum absolute atomic E-state index is 0.0593. The van der Waals surface area contributed by atoms with Crippen molar-refractivity contribution in [1.29, 1.82) is 0 Å². The third-order valence-corrected chi connectivity index (χ3v) is 4.93. The van der Waals surface area contributed by atoms with E-state index in [0.29, 0.717) is 12.1 Å². The Bertz CT molecular complexity index is 899. The van der Waals surface area contributed by atoms with Gasteiger partial charge in [0.25, 0.3) is 0 Å². The van der Waals surface area contributed by atoms with Crippen molar-refractivity contribution in [3.05, 3.63) is 54.1 Å². The van der Waals surface area contributed by atoms with Crippen LogP contribution >= 0.6 is 0 Å². The largest absolute Gasteiger partial charge is 0.378 e. The summed E-state index contributed by atoms with van der Waals surface area (Å²) in [6, 6.07) is 15.8. The molecule has 0 saturated carbocycles. The summed E-state index contributed by atoms with van der Waals surface area (Å²) < 4.78 is 0. The lowest BCUT2D eigenvalue weighted by Crippen LogP contribution is -2.44. The minimum atomic E-state index is -0.195. The zero-order valence-corrected chi connectivity index (χ0v) is 16.2. The van der Waals surface area contributed by atoms with Crippen molar-refractivity contribution < 1.29 is 9.59 Å². The van der Waals surface area contributed by atoms with E-state index < -0.39 is 0 Å². The van der Waals surface area contributed by atoms with Crippen molar-refractivity contribution in [2.24, 2.45) is 0 Å². The Hall–Kier alpha value is -3.26. The Morgan fingerprint density at radius 3 is 2.50 bits per heavy atom. The Labute approximate surface area is 166 Å². The zero-order valence-electron chi connectivity index (χ0n) is 16.2. The van der Waals surface area contributed by atoms with Gasteiger partial charge in [0.05, 0.1) is 12.5 Å². The number of fused-ring (bicyclic) bond motifs is 1. The van der Waals surface area contributed by atoms with Crippen molar-refractivity contribution >= 4 is 28.9 Å². The van der Waals surface area contributed by atoms with E-state index in [1.54, 1.807) is 0 Å². The van der Waals surface area contributed by atoms with Gasteiger partial charge in [0.1, 0.15) is 0 Å². The van der Waals surface area contributed by atoms with Crippen LogP contribution in [-0.2, 0) is 9.59 Å². The van der Waals surface area contributed by atoms with Gasteiger partial charge in [-0.05, 0) is 49.2 Å². The molecule has 2 atom stereocenters. The van der Waals surface area contributed by atoms with E-state index in [9.17, 15) is 9.59 Å². The molecule has 1 aliphatic rings. The van der Waals surface area contributed by atoms with Gasteiger partial charge in [0.15, 0.2) is 0 Å². The van der Waals surface area contributed by atoms with Crippen LogP contribution in [0.15, 0.2) is 48.5 Å². The van der Waals surface area contributed by atoms with Crippen LogP contribution in [0.5, 0.6) is 0 Å². The van der Waals surface area contributed by atoms with E-state index in [1.807, 2.05) is 54.3 Å². The number of carbonyl (C=O) groups is 2. The number of amides is 2. The Balaban J connectivity index is 1.78. The predicted molar refractivity (Wildman–Crippen MR) is 113 cm³/mol. The first-order chi connectivity index (χ1) is 13.5. The fourth-order valence-corrected chi connectivity index (χ4v) is 3.65. The van der Waals surface area contributed by atoms with Crippen molar-refractivity contribution in [1.82, 2.24) is 0 Å². The molecule has 0 fully saturated rings. The third kappa shape index (κ3) is 4.17. The van der Waals surface area contributed by atoms with Crippen LogP contribution in [0.2, 0.25) is 0 Å². The van der Waals surface area contributed by atoms with Crippen LogP contribution in [0.4, 0.5) is 17.1 Å².